The van der Waals surface area contributed by atoms with Gasteiger partial charge in [-0.3, -0.25) is 0 Å². The van der Waals surface area contributed by atoms with Gasteiger partial charge in [0.1, 0.15) is 6.33 Å². The standard InChI is InChI=1S/C12H7BrN4O2/c13-8-3-1-7(2-4-8)10-5-9(11(18)19)16-12-14-6-15-17(10)12/h1-6H,(H,18,19). The average molecular weight is 319 g/mol. The maximum absolute atomic E-state index is 11.1. The van der Waals surface area contributed by atoms with E-state index in [4.69, 9.17) is 5.11 Å². The molecule has 1 aromatic carbocycles. The minimum absolute atomic E-state index is 0.0570. The highest BCUT2D eigenvalue weighted by Gasteiger charge is 2.13. The summed E-state index contributed by atoms with van der Waals surface area (Å²) in [4.78, 5) is 18.9. The Balaban J connectivity index is 2.29. The Hall–Kier alpha value is -2.28. The number of hydrogen-bond donors (Lipinski definition) is 1. The lowest BCUT2D eigenvalue weighted by Gasteiger charge is -2.05. The minimum atomic E-state index is -1.09. The third kappa shape index (κ3) is 2.08. The first-order chi connectivity index (χ1) is 9.15. The first kappa shape index (κ1) is 11.8. The van der Waals surface area contributed by atoms with Crippen LogP contribution < -0.4 is 0 Å². The predicted octanol–water partition coefficient (Wildman–Crippen LogP) is 2.25. The van der Waals surface area contributed by atoms with Crippen LogP contribution in [0.2, 0.25) is 0 Å². The zero-order valence-electron chi connectivity index (χ0n) is 9.49. The number of fused-ring (bicyclic) bond motifs is 1. The number of hydrogen-bond acceptors (Lipinski definition) is 4. The van der Waals surface area contributed by atoms with E-state index < -0.39 is 5.97 Å². The Morgan fingerprint density at radius 1 is 1.26 bits per heavy atom. The number of carbonyl (C=O) groups is 1. The van der Waals surface area contributed by atoms with Gasteiger partial charge in [0.15, 0.2) is 5.69 Å². The molecule has 2 heterocycles. The van der Waals surface area contributed by atoms with E-state index in [1.807, 2.05) is 24.3 Å². The van der Waals surface area contributed by atoms with Gasteiger partial charge in [0.25, 0.3) is 5.78 Å². The van der Waals surface area contributed by atoms with E-state index in [1.54, 1.807) is 0 Å². The van der Waals surface area contributed by atoms with Gasteiger partial charge in [0, 0.05) is 10.0 Å². The Morgan fingerprint density at radius 3 is 2.68 bits per heavy atom. The number of aromatic carboxylic acids is 1. The minimum Gasteiger partial charge on any atom is -0.477 e. The number of nitrogens with zero attached hydrogens (tertiary/aromatic N) is 4. The number of carboxylic acid groups (broad SMARTS) is 1. The lowest BCUT2D eigenvalue weighted by molar-refractivity contribution is 0.0690. The van der Waals surface area contributed by atoms with Crippen molar-refractivity contribution < 1.29 is 9.90 Å². The molecule has 7 heteroatoms. The first-order valence-electron chi connectivity index (χ1n) is 5.35. The fraction of sp³-hybridized carbons (Fsp3) is 0. The molecule has 0 bridgehead atoms. The third-order valence-electron chi connectivity index (χ3n) is 2.61. The summed E-state index contributed by atoms with van der Waals surface area (Å²) < 4.78 is 2.45. The summed E-state index contributed by atoms with van der Waals surface area (Å²) in [6.45, 7) is 0. The Kier molecular flexibility index (Phi) is 2.75. The average Bonchev–Trinajstić information content (AvgIpc) is 2.86. The van der Waals surface area contributed by atoms with Gasteiger partial charge in [-0.2, -0.15) is 14.6 Å². The maximum Gasteiger partial charge on any atom is 0.354 e. The zero-order chi connectivity index (χ0) is 13.4. The van der Waals surface area contributed by atoms with Gasteiger partial charge >= 0.3 is 5.97 Å². The molecule has 0 aliphatic rings. The van der Waals surface area contributed by atoms with Gasteiger partial charge in [-0.05, 0) is 18.2 Å². The Morgan fingerprint density at radius 2 is 2.00 bits per heavy atom. The molecule has 0 fully saturated rings. The molecule has 0 spiro atoms. The topological polar surface area (TPSA) is 80.4 Å². The van der Waals surface area contributed by atoms with Crippen molar-refractivity contribution in [3.8, 4) is 11.3 Å². The van der Waals surface area contributed by atoms with Crippen molar-refractivity contribution in [3.05, 3.63) is 46.8 Å². The molecule has 0 radical (unpaired) electrons. The molecule has 2 aromatic heterocycles. The second-order valence-corrected chi connectivity index (χ2v) is 4.73. The van der Waals surface area contributed by atoms with Crippen LogP contribution in [0.3, 0.4) is 0 Å². The number of benzene rings is 1. The molecular weight excluding hydrogens is 312 g/mol. The molecule has 6 nitrogen and oxygen atoms in total. The largest absolute Gasteiger partial charge is 0.477 e. The van der Waals surface area contributed by atoms with Crippen LogP contribution in [0.15, 0.2) is 41.1 Å². The highest BCUT2D eigenvalue weighted by Crippen LogP contribution is 2.22. The predicted molar refractivity (Wildman–Crippen MR) is 70.9 cm³/mol. The molecule has 0 atom stereocenters. The zero-order valence-corrected chi connectivity index (χ0v) is 11.1. The van der Waals surface area contributed by atoms with E-state index in [9.17, 15) is 4.79 Å². The lowest BCUT2D eigenvalue weighted by atomic mass is 10.1. The van der Waals surface area contributed by atoms with Gasteiger partial charge in [-0.25, -0.2) is 9.78 Å². The molecule has 0 saturated heterocycles. The van der Waals surface area contributed by atoms with Crippen LogP contribution in [-0.2, 0) is 0 Å². The number of aromatic nitrogens is 4. The summed E-state index contributed by atoms with van der Waals surface area (Å²) in [5.74, 6) is -0.832. The van der Waals surface area contributed by atoms with Crippen LogP contribution in [-0.4, -0.2) is 30.7 Å². The van der Waals surface area contributed by atoms with E-state index in [1.165, 1.54) is 16.9 Å². The SMILES string of the molecule is O=C(O)c1cc(-c2ccc(Br)cc2)n2ncnc2n1. The fourth-order valence-corrected chi connectivity index (χ4v) is 2.01. The molecule has 3 rings (SSSR count). The molecule has 94 valence electrons. The highest BCUT2D eigenvalue weighted by atomic mass is 79.9. The number of carboxylic acids is 1. The van der Waals surface area contributed by atoms with Crippen molar-refractivity contribution in [2.45, 2.75) is 0 Å². The molecule has 0 unspecified atom stereocenters. The van der Waals surface area contributed by atoms with Gasteiger partial charge in [-0.15, -0.1) is 0 Å². The molecule has 3 aromatic rings. The second-order valence-electron chi connectivity index (χ2n) is 3.81. The normalized spacial score (nSPS) is 10.8. The molecule has 0 saturated carbocycles. The monoisotopic (exact) mass is 318 g/mol. The summed E-state index contributed by atoms with van der Waals surface area (Å²) >= 11 is 3.36. The number of halogens is 1. The third-order valence-corrected chi connectivity index (χ3v) is 3.14. The van der Waals surface area contributed by atoms with Gasteiger partial charge in [0.2, 0.25) is 0 Å². The summed E-state index contributed by atoms with van der Waals surface area (Å²) in [6.07, 6.45) is 1.34. The molecule has 0 aliphatic heterocycles. The Labute approximate surface area is 115 Å². The van der Waals surface area contributed by atoms with Crippen LogP contribution in [0.25, 0.3) is 17.0 Å². The van der Waals surface area contributed by atoms with E-state index in [0.29, 0.717) is 5.69 Å². The lowest BCUT2D eigenvalue weighted by Crippen LogP contribution is -2.05. The summed E-state index contributed by atoms with van der Waals surface area (Å²) in [6, 6.07) is 8.96. The maximum atomic E-state index is 11.1. The quantitative estimate of drug-likeness (QED) is 0.783. The van der Waals surface area contributed by atoms with E-state index in [0.717, 1.165) is 10.0 Å². The highest BCUT2D eigenvalue weighted by molar-refractivity contribution is 9.10. The molecular formula is C12H7BrN4O2. The molecule has 19 heavy (non-hydrogen) atoms. The molecule has 0 aliphatic carbocycles. The van der Waals surface area contributed by atoms with E-state index in [-0.39, 0.29) is 11.5 Å². The van der Waals surface area contributed by atoms with Gasteiger partial charge < -0.3 is 5.11 Å². The summed E-state index contributed by atoms with van der Waals surface area (Å²) in [5, 5.41) is 13.1. The fourth-order valence-electron chi connectivity index (χ4n) is 1.75. The van der Waals surface area contributed by atoms with Crippen LogP contribution in [0.4, 0.5) is 0 Å². The second kappa shape index (κ2) is 4.43. The molecule has 1 N–H and O–H groups in total. The van der Waals surface area contributed by atoms with Crippen molar-refractivity contribution in [1.82, 2.24) is 19.6 Å². The Bertz CT molecular complexity index is 767. The van der Waals surface area contributed by atoms with Crippen molar-refractivity contribution in [2.75, 3.05) is 0 Å². The van der Waals surface area contributed by atoms with Crippen LogP contribution in [0.1, 0.15) is 10.5 Å². The van der Waals surface area contributed by atoms with Gasteiger partial charge in [0.05, 0.1) is 5.69 Å². The van der Waals surface area contributed by atoms with Crippen LogP contribution in [0, 0.1) is 0 Å². The van der Waals surface area contributed by atoms with Crippen molar-refractivity contribution in [1.29, 1.82) is 0 Å². The van der Waals surface area contributed by atoms with Gasteiger partial charge in [-0.1, -0.05) is 28.1 Å². The summed E-state index contributed by atoms with van der Waals surface area (Å²) in [7, 11) is 0. The smallest absolute Gasteiger partial charge is 0.354 e. The van der Waals surface area contributed by atoms with Crippen LogP contribution in [0.5, 0.6) is 0 Å². The van der Waals surface area contributed by atoms with Crippen molar-refractivity contribution >= 4 is 27.7 Å². The van der Waals surface area contributed by atoms with Crippen LogP contribution >= 0.6 is 15.9 Å². The number of rotatable bonds is 2. The first-order valence-corrected chi connectivity index (χ1v) is 6.14. The van der Waals surface area contributed by atoms with Crippen molar-refractivity contribution in [3.63, 3.8) is 0 Å². The van der Waals surface area contributed by atoms with Crippen molar-refractivity contribution in [2.24, 2.45) is 0 Å². The van der Waals surface area contributed by atoms with E-state index >= 15 is 0 Å². The molecule has 0 amide bonds. The summed E-state index contributed by atoms with van der Waals surface area (Å²) in [5.41, 5.74) is 1.41. The van der Waals surface area contributed by atoms with E-state index in [2.05, 4.69) is 31.0 Å².